The summed E-state index contributed by atoms with van der Waals surface area (Å²) in [6.45, 7) is 0. The van der Waals surface area contributed by atoms with Crippen LogP contribution < -0.4 is 10.0 Å². The second kappa shape index (κ2) is 6.31. The topological polar surface area (TPSA) is 125 Å². The van der Waals surface area contributed by atoms with E-state index in [-0.39, 0.29) is 21.9 Å². The molecule has 1 heterocycles. The summed E-state index contributed by atoms with van der Waals surface area (Å²) in [6.07, 6.45) is 3.42. The van der Waals surface area contributed by atoms with Gasteiger partial charge in [-0.25, -0.2) is 13.4 Å². The number of carboxylic acids is 1. The van der Waals surface area contributed by atoms with Gasteiger partial charge >= 0.3 is 5.97 Å². The highest BCUT2D eigenvalue weighted by Gasteiger charge is 2.66. The van der Waals surface area contributed by atoms with Crippen molar-refractivity contribution in [1.29, 1.82) is 0 Å². The number of benzene rings is 1. The smallest absolute Gasteiger partial charge is 0.307 e. The Morgan fingerprint density at radius 3 is 2.59 bits per heavy atom. The number of sulfonamides is 1. The maximum absolute atomic E-state index is 12.7. The number of anilines is 2. The summed E-state index contributed by atoms with van der Waals surface area (Å²) in [6, 6.07) is 5.75. The summed E-state index contributed by atoms with van der Waals surface area (Å²) < 4.78 is 27.0. The van der Waals surface area contributed by atoms with Crippen molar-refractivity contribution in [2.45, 2.75) is 24.2 Å². The van der Waals surface area contributed by atoms with Gasteiger partial charge in [0.25, 0.3) is 10.0 Å². The number of hydrogen-bond donors (Lipinski definition) is 3. The number of aliphatic carboxylic acids is 1. The molecule has 1 aromatic heterocycles. The molecule has 2 bridgehead atoms. The molecular weight excluding hydrogens is 390 g/mol. The molecule has 3 aliphatic rings. The van der Waals surface area contributed by atoms with Crippen LogP contribution in [-0.2, 0) is 19.6 Å². The lowest BCUT2D eigenvalue weighted by molar-refractivity contribution is -0.161. The summed E-state index contributed by atoms with van der Waals surface area (Å²) in [5.41, 5.74) is -0.407. The first-order chi connectivity index (χ1) is 12.8. The van der Waals surface area contributed by atoms with Crippen LogP contribution in [0.1, 0.15) is 19.3 Å². The zero-order valence-corrected chi connectivity index (χ0v) is 15.7. The van der Waals surface area contributed by atoms with E-state index in [0.29, 0.717) is 18.5 Å². The van der Waals surface area contributed by atoms with Gasteiger partial charge < -0.3 is 10.4 Å². The van der Waals surface area contributed by atoms with Crippen LogP contribution in [0.5, 0.6) is 0 Å². The molecular formula is C17H17N3O5S2. The number of amides is 1. The molecule has 3 aliphatic carbocycles. The third-order valence-electron chi connectivity index (χ3n) is 5.45. The Kier molecular flexibility index (Phi) is 4.19. The van der Waals surface area contributed by atoms with Gasteiger partial charge in [0.2, 0.25) is 5.91 Å². The molecule has 0 spiro atoms. The molecule has 3 atom stereocenters. The number of carboxylic acid groups (broad SMARTS) is 1. The molecule has 5 rings (SSSR count). The van der Waals surface area contributed by atoms with E-state index < -0.39 is 27.3 Å². The number of fused-ring (bicyclic) bond motifs is 1. The van der Waals surface area contributed by atoms with Crippen LogP contribution in [0.25, 0.3) is 0 Å². The molecule has 3 unspecified atom stereocenters. The average Bonchev–Trinajstić information content (AvgIpc) is 3.30. The summed E-state index contributed by atoms with van der Waals surface area (Å²) in [4.78, 5) is 28.0. The molecule has 0 aliphatic heterocycles. The van der Waals surface area contributed by atoms with Crippen molar-refractivity contribution in [3.05, 3.63) is 35.8 Å². The molecule has 27 heavy (non-hydrogen) atoms. The number of carbonyl (C=O) groups excluding carboxylic acids is 1. The Bertz CT molecular complexity index is 984. The van der Waals surface area contributed by atoms with Crippen LogP contribution in [0, 0.1) is 17.3 Å². The van der Waals surface area contributed by atoms with Crippen molar-refractivity contribution < 1.29 is 23.1 Å². The van der Waals surface area contributed by atoms with Crippen molar-refractivity contribution >= 4 is 44.1 Å². The molecule has 2 aromatic rings. The van der Waals surface area contributed by atoms with Crippen LogP contribution in [0.2, 0.25) is 0 Å². The van der Waals surface area contributed by atoms with Crippen molar-refractivity contribution in [1.82, 2.24) is 4.98 Å². The maximum atomic E-state index is 12.7. The van der Waals surface area contributed by atoms with Gasteiger partial charge in [0.15, 0.2) is 5.13 Å². The van der Waals surface area contributed by atoms with Crippen LogP contribution >= 0.6 is 11.3 Å². The monoisotopic (exact) mass is 407 g/mol. The summed E-state index contributed by atoms with van der Waals surface area (Å²) in [5.74, 6) is -1.77. The van der Waals surface area contributed by atoms with Gasteiger partial charge in [-0.05, 0) is 49.4 Å². The number of nitrogens with one attached hydrogen (secondary N) is 2. The Morgan fingerprint density at radius 1 is 1.26 bits per heavy atom. The third-order valence-corrected chi connectivity index (χ3v) is 7.62. The van der Waals surface area contributed by atoms with E-state index in [0.717, 1.165) is 6.42 Å². The largest absolute Gasteiger partial charge is 0.481 e. The fourth-order valence-electron chi connectivity index (χ4n) is 4.18. The van der Waals surface area contributed by atoms with Gasteiger partial charge in [-0.15, -0.1) is 11.3 Å². The van der Waals surface area contributed by atoms with E-state index in [9.17, 15) is 23.1 Å². The minimum absolute atomic E-state index is 0.0434. The predicted octanol–water partition coefficient (Wildman–Crippen LogP) is 2.38. The summed E-state index contributed by atoms with van der Waals surface area (Å²) in [5, 5.41) is 14.0. The second-order valence-corrected chi connectivity index (χ2v) is 9.47. The minimum Gasteiger partial charge on any atom is -0.481 e. The molecule has 0 radical (unpaired) electrons. The highest BCUT2D eigenvalue weighted by atomic mass is 32.2. The predicted molar refractivity (Wildman–Crippen MR) is 98.9 cm³/mol. The Balaban J connectivity index is 1.47. The van der Waals surface area contributed by atoms with Crippen molar-refractivity contribution in [2.24, 2.45) is 17.3 Å². The van der Waals surface area contributed by atoms with Crippen molar-refractivity contribution in [3.63, 3.8) is 0 Å². The molecule has 1 amide bonds. The van der Waals surface area contributed by atoms with E-state index >= 15 is 0 Å². The standard InChI is InChI=1S/C17H17N3O5S2/c21-14(22)13-10-5-6-17(13,9-10)15(23)19-11-1-3-12(4-2-11)27(24,25)20-16-18-7-8-26-16/h1-4,7-8,10,13H,5-6,9H2,(H,18,20)(H,19,23)(H,21,22). The number of hydrogen-bond acceptors (Lipinski definition) is 6. The van der Waals surface area contributed by atoms with E-state index in [1.54, 1.807) is 5.38 Å². The van der Waals surface area contributed by atoms with Crippen LogP contribution in [-0.4, -0.2) is 30.4 Å². The highest BCUT2D eigenvalue weighted by Crippen LogP contribution is 2.63. The van der Waals surface area contributed by atoms with E-state index in [1.807, 2.05) is 0 Å². The lowest BCUT2D eigenvalue weighted by Gasteiger charge is -2.43. The van der Waals surface area contributed by atoms with Gasteiger partial charge in [0.05, 0.1) is 16.2 Å². The van der Waals surface area contributed by atoms with E-state index in [2.05, 4.69) is 15.0 Å². The number of nitrogens with zero attached hydrogens (tertiary/aromatic N) is 1. The lowest BCUT2D eigenvalue weighted by atomic mass is 9.59. The first kappa shape index (κ1) is 17.9. The van der Waals surface area contributed by atoms with Gasteiger partial charge in [0.1, 0.15) is 0 Å². The fraction of sp³-hybridized carbons (Fsp3) is 0.353. The lowest BCUT2D eigenvalue weighted by Crippen LogP contribution is -2.52. The SMILES string of the molecule is O=C(O)C1C2CCC1(C(=O)Nc1ccc(S(=O)(=O)Nc3nccs3)cc1)C2. The van der Waals surface area contributed by atoms with E-state index in [1.165, 1.54) is 41.8 Å². The molecule has 1 aromatic carbocycles. The zero-order chi connectivity index (χ0) is 19.2. The molecule has 8 nitrogen and oxygen atoms in total. The first-order valence-corrected chi connectivity index (χ1v) is 10.7. The number of rotatable bonds is 6. The minimum atomic E-state index is -3.76. The third kappa shape index (κ3) is 2.98. The van der Waals surface area contributed by atoms with Gasteiger partial charge in [0, 0.05) is 17.3 Å². The molecule has 3 saturated carbocycles. The quantitative estimate of drug-likeness (QED) is 0.675. The summed E-state index contributed by atoms with van der Waals surface area (Å²) >= 11 is 1.17. The van der Waals surface area contributed by atoms with Gasteiger partial charge in [-0.2, -0.15) is 0 Å². The van der Waals surface area contributed by atoms with Crippen molar-refractivity contribution in [3.8, 4) is 0 Å². The van der Waals surface area contributed by atoms with Crippen LogP contribution in [0.4, 0.5) is 10.8 Å². The normalized spacial score (nSPS) is 26.2. The molecule has 142 valence electrons. The molecule has 3 fully saturated rings. The zero-order valence-electron chi connectivity index (χ0n) is 14.1. The first-order valence-electron chi connectivity index (χ1n) is 8.38. The number of aromatic nitrogens is 1. The van der Waals surface area contributed by atoms with E-state index in [4.69, 9.17) is 0 Å². The van der Waals surface area contributed by atoms with Crippen LogP contribution in [0.3, 0.4) is 0 Å². The molecule has 10 heteroatoms. The van der Waals surface area contributed by atoms with Gasteiger partial charge in [-0.3, -0.25) is 14.3 Å². The second-order valence-electron chi connectivity index (χ2n) is 6.90. The maximum Gasteiger partial charge on any atom is 0.307 e. The number of carbonyl (C=O) groups is 2. The van der Waals surface area contributed by atoms with Gasteiger partial charge in [-0.1, -0.05) is 0 Å². The Hall–Kier alpha value is -2.46. The summed E-state index contributed by atoms with van der Waals surface area (Å²) in [7, 11) is -3.76. The average molecular weight is 407 g/mol. The number of thiazole rings is 1. The van der Waals surface area contributed by atoms with Crippen molar-refractivity contribution in [2.75, 3.05) is 10.0 Å². The Morgan fingerprint density at radius 2 is 2.00 bits per heavy atom. The fourth-order valence-corrected chi connectivity index (χ4v) is 5.97. The highest BCUT2D eigenvalue weighted by molar-refractivity contribution is 7.93. The molecule has 0 saturated heterocycles. The molecule has 3 N–H and O–H groups in total. The Labute approximate surface area is 159 Å². The van der Waals surface area contributed by atoms with Crippen LogP contribution in [0.15, 0.2) is 40.7 Å².